The Hall–Kier alpha value is -0.340. The molecule has 0 saturated heterocycles. The molecule has 0 amide bonds. The second-order valence-electron chi connectivity index (χ2n) is 4.68. The summed E-state index contributed by atoms with van der Waals surface area (Å²) in [5.41, 5.74) is 0. The van der Waals surface area contributed by atoms with Crippen molar-refractivity contribution in [2.24, 2.45) is 11.8 Å². The summed E-state index contributed by atoms with van der Waals surface area (Å²) in [6, 6.07) is 5.14. The summed E-state index contributed by atoms with van der Waals surface area (Å²) in [5.74, 6) is 1.93. The van der Waals surface area contributed by atoms with Crippen molar-refractivity contribution in [3.63, 3.8) is 0 Å². The minimum atomic E-state index is 0.676. The highest BCUT2D eigenvalue weighted by atomic mass is 32.1. The zero-order valence-electron chi connectivity index (χ0n) is 8.41. The fourth-order valence-electron chi connectivity index (χ4n) is 2.01. The maximum atomic E-state index is 3.76. The summed E-state index contributed by atoms with van der Waals surface area (Å²) in [4.78, 5) is 1.55. The Morgan fingerprint density at radius 3 is 2.79 bits per heavy atom. The summed E-state index contributed by atoms with van der Waals surface area (Å²) in [6.45, 7) is 1.25. The van der Waals surface area contributed by atoms with Gasteiger partial charge >= 0.3 is 0 Å². The Balaban J connectivity index is 1.63. The Morgan fingerprint density at radius 1 is 1.36 bits per heavy atom. The molecular formula is C12H17NS. The van der Waals surface area contributed by atoms with Gasteiger partial charge in [0.25, 0.3) is 0 Å². The highest BCUT2D eigenvalue weighted by Crippen LogP contribution is 2.42. The zero-order valence-corrected chi connectivity index (χ0v) is 9.22. The van der Waals surface area contributed by atoms with E-state index in [1.807, 2.05) is 11.3 Å². The third kappa shape index (κ3) is 2.01. The smallest absolute Gasteiger partial charge is 0.0443 e. The molecule has 14 heavy (non-hydrogen) atoms. The van der Waals surface area contributed by atoms with Crippen molar-refractivity contribution in [2.75, 3.05) is 6.54 Å². The molecule has 1 aromatic heterocycles. The van der Waals surface area contributed by atoms with Gasteiger partial charge in [0.1, 0.15) is 0 Å². The Morgan fingerprint density at radius 2 is 2.21 bits per heavy atom. The van der Waals surface area contributed by atoms with Gasteiger partial charge < -0.3 is 5.32 Å². The van der Waals surface area contributed by atoms with Crippen molar-refractivity contribution in [1.82, 2.24) is 5.32 Å². The summed E-state index contributed by atoms with van der Waals surface area (Å²) in [7, 11) is 0. The minimum Gasteiger partial charge on any atom is -0.309 e. The summed E-state index contributed by atoms with van der Waals surface area (Å²) >= 11 is 1.91. The maximum Gasteiger partial charge on any atom is 0.0443 e. The zero-order chi connectivity index (χ0) is 9.38. The van der Waals surface area contributed by atoms with Gasteiger partial charge in [-0.2, -0.15) is 0 Å². The molecule has 0 aliphatic heterocycles. The lowest BCUT2D eigenvalue weighted by atomic mass is 10.1. The number of thiophene rings is 1. The van der Waals surface area contributed by atoms with E-state index in [1.165, 1.54) is 32.2 Å². The van der Waals surface area contributed by atoms with Gasteiger partial charge in [-0.3, -0.25) is 0 Å². The van der Waals surface area contributed by atoms with E-state index in [9.17, 15) is 0 Å². The van der Waals surface area contributed by atoms with Crippen LogP contribution in [0.25, 0.3) is 0 Å². The van der Waals surface area contributed by atoms with Gasteiger partial charge in [-0.25, -0.2) is 0 Å². The molecular weight excluding hydrogens is 190 g/mol. The molecule has 76 valence electrons. The minimum absolute atomic E-state index is 0.676. The van der Waals surface area contributed by atoms with Gasteiger partial charge in [-0.1, -0.05) is 6.07 Å². The molecule has 0 radical (unpaired) electrons. The first-order valence-electron chi connectivity index (χ1n) is 5.70. The average Bonchev–Trinajstić information content (AvgIpc) is 3.09. The van der Waals surface area contributed by atoms with Crippen LogP contribution >= 0.6 is 11.3 Å². The topological polar surface area (TPSA) is 12.0 Å². The van der Waals surface area contributed by atoms with E-state index in [0.717, 1.165) is 11.8 Å². The third-order valence-corrected chi connectivity index (χ3v) is 4.22. The third-order valence-electron chi connectivity index (χ3n) is 3.27. The standard InChI is InChI=1S/C12H17NS/c1-2-11(14-7-1)12(10-5-6-10)13-8-9-3-4-9/h1-2,7,9-10,12-13H,3-6,8H2. The summed E-state index contributed by atoms with van der Waals surface area (Å²) in [6.07, 6.45) is 5.77. The van der Waals surface area contributed by atoms with Crippen LogP contribution in [-0.2, 0) is 0 Å². The highest BCUT2D eigenvalue weighted by Gasteiger charge is 2.33. The molecule has 1 nitrogen and oxygen atoms in total. The molecule has 0 bridgehead atoms. The largest absolute Gasteiger partial charge is 0.309 e. The molecule has 1 atom stereocenters. The molecule has 2 aliphatic rings. The highest BCUT2D eigenvalue weighted by molar-refractivity contribution is 7.10. The molecule has 2 aliphatic carbocycles. The van der Waals surface area contributed by atoms with Crippen molar-refractivity contribution in [2.45, 2.75) is 31.7 Å². The molecule has 2 saturated carbocycles. The molecule has 3 rings (SSSR count). The van der Waals surface area contributed by atoms with Crippen molar-refractivity contribution in [1.29, 1.82) is 0 Å². The van der Waals surface area contributed by atoms with Crippen molar-refractivity contribution in [3.8, 4) is 0 Å². The number of hydrogen-bond donors (Lipinski definition) is 1. The predicted octanol–water partition coefficient (Wildman–Crippen LogP) is 3.20. The van der Waals surface area contributed by atoms with E-state index in [-0.39, 0.29) is 0 Å². The first kappa shape index (κ1) is 8.93. The molecule has 1 heterocycles. The molecule has 2 heteroatoms. The number of rotatable bonds is 5. The van der Waals surface area contributed by atoms with Crippen LogP contribution in [0.5, 0.6) is 0 Å². The van der Waals surface area contributed by atoms with E-state index in [4.69, 9.17) is 0 Å². The SMILES string of the molecule is c1csc(C(NCC2CC2)C2CC2)c1. The quantitative estimate of drug-likeness (QED) is 0.782. The summed E-state index contributed by atoms with van der Waals surface area (Å²) in [5, 5.41) is 5.95. The molecule has 0 aromatic carbocycles. The van der Waals surface area contributed by atoms with E-state index in [0.29, 0.717) is 6.04 Å². The van der Waals surface area contributed by atoms with Crippen LogP contribution in [0.15, 0.2) is 17.5 Å². The molecule has 1 aromatic rings. The van der Waals surface area contributed by atoms with Crippen LogP contribution in [0.1, 0.15) is 36.6 Å². The fraction of sp³-hybridized carbons (Fsp3) is 0.667. The van der Waals surface area contributed by atoms with E-state index < -0.39 is 0 Å². The monoisotopic (exact) mass is 207 g/mol. The Bertz CT molecular complexity index is 285. The van der Waals surface area contributed by atoms with Gasteiger partial charge in [0, 0.05) is 10.9 Å². The Kier molecular flexibility index (Phi) is 2.34. The lowest BCUT2D eigenvalue weighted by molar-refractivity contribution is 0.475. The van der Waals surface area contributed by atoms with Crippen LogP contribution in [0.2, 0.25) is 0 Å². The van der Waals surface area contributed by atoms with Gasteiger partial charge in [-0.15, -0.1) is 11.3 Å². The van der Waals surface area contributed by atoms with E-state index in [2.05, 4.69) is 22.8 Å². The second kappa shape index (κ2) is 3.67. The van der Waals surface area contributed by atoms with Crippen LogP contribution in [-0.4, -0.2) is 6.54 Å². The summed E-state index contributed by atoms with van der Waals surface area (Å²) < 4.78 is 0. The van der Waals surface area contributed by atoms with Crippen molar-refractivity contribution < 1.29 is 0 Å². The van der Waals surface area contributed by atoms with Gasteiger partial charge in [0.15, 0.2) is 0 Å². The average molecular weight is 207 g/mol. The van der Waals surface area contributed by atoms with E-state index >= 15 is 0 Å². The van der Waals surface area contributed by atoms with Gasteiger partial charge in [-0.05, 0) is 55.5 Å². The van der Waals surface area contributed by atoms with Crippen LogP contribution in [0.3, 0.4) is 0 Å². The van der Waals surface area contributed by atoms with Gasteiger partial charge in [0.2, 0.25) is 0 Å². The Labute approximate surface area is 89.5 Å². The molecule has 1 N–H and O–H groups in total. The van der Waals surface area contributed by atoms with Crippen molar-refractivity contribution >= 4 is 11.3 Å². The van der Waals surface area contributed by atoms with Gasteiger partial charge in [0.05, 0.1) is 0 Å². The molecule has 2 fully saturated rings. The number of hydrogen-bond acceptors (Lipinski definition) is 2. The lowest BCUT2D eigenvalue weighted by Gasteiger charge is -2.16. The van der Waals surface area contributed by atoms with Crippen LogP contribution in [0, 0.1) is 11.8 Å². The second-order valence-corrected chi connectivity index (χ2v) is 5.66. The lowest BCUT2D eigenvalue weighted by Crippen LogP contribution is -2.24. The fourth-order valence-corrected chi connectivity index (χ4v) is 2.91. The first-order chi connectivity index (χ1) is 6.93. The molecule has 0 spiro atoms. The predicted molar refractivity (Wildman–Crippen MR) is 60.5 cm³/mol. The number of nitrogens with one attached hydrogen (secondary N) is 1. The van der Waals surface area contributed by atoms with E-state index in [1.54, 1.807) is 4.88 Å². The normalized spacial score (nSPS) is 23.7. The van der Waals surface area contributed by atoms with Crippen molar-refractivity contribution in [3.05, 3.63) is 22.4 Å². The van der Waals surface area contributed by atoms with Crippen LogP contribution < -0.4 is 5.32 Å². The molecule has 1 unspecified atom stereocenters. The maximum absolute atomic E-state index is 3.76. The van der Waals surface area contributed by atoms with Crippen LogP contribution in [0.4, 0.5) is 0 Å². The first-order valence-corrected chi connectivity index (χ1v) is 6.58.